The van der Waals surface area contributed by atoms with Gasteiger partial charge in [-0.1, -0.05) is 0 Å². The fourth-order valence-electron chi connectivity index (χ4n) is 2.55. The van der Waals surface area contributed by atoms with Gasteiger partial charge in [0.2, 0.25) is 0 Å². The number of benzene rings is 1. The smallest absolute Gasteiger partial charge is 0.151 e. The van der Waals surface area contributed by atoms with Crippen molar-refractivity contribution in [2.24, 2.45) is 0 Å². The van der Waals surface area contributed by atoms with E-state index in [2.05, 4.69) is 20.4 Å². The maximum atomic E-state index is 5.40. The summed E-state index contributed by atoms with van der Waals surface area (Å²) >= 11 is 0. The van der Waals surface area contributed by atoms with Gasteiger partial charge in [0.15, 0.2) is 5.82 Å². The number of nitrogens with one attached hydrogen (secondary N) is 1. The highest BCUT2D eigenvalue weighted by Gasteiger charge is 2.14. The highest BCUT2D eigenvalue weighted by atomic mass is 16.5. The van der Waals surface area contributed by atoms with Crippen LogP contribution in [0.4, 0.5) is 5.82 Å². The minimum atomic E-state index is 0.755. The highest BCUT2D eigenvalue weighted by molar-refractivity contribution is 5.69. The van der Waals surface area contributed by atoms with Crippen LogP contribution in [0.25, 0.3) is 11.3 Å². The first-order chi connectivity index (χ1) is 10.8. The van der Waals surface area contributed by atoms with Crippen molar-refractivity contribution in [3.8, 4) is 22.8 Å². The number of rotatable bonds is 4. The second-order valence-corrected chi connectivity index (χ2v) is 5.08. The lowest BCUT2D eigenvalue weighted by Crippen LogP contribution is -2.43. The summed E-state index contributed by atoms with van der Waals surface area (Å²) in [6, 6.07) is 9.63. The normalized spacial score (nSPS) is 14.7. The van der Waals surface area contributed by atoms with E-state index in [1.54, 1.807) is 14.2 Å². The summed E-state index contributed by atoms with van der Waals surface area (Å²) in [5, 5.41) is 12.1. The summed E-state index contributed by atoms with van der Waals surface area (Å²) in [5.41, 5.74) is 1.65. The van der Waals surface area contributed by atoms with E-state index < -0.39 is 0 Å². The Morgan fingerprint density at radius 1 is 1.00 bits per heavy atom. The molecule has 1 saturated heterocycles. The molecule has 3 rings (SSSR count). The van der Waals surface area contributed by atoms with Crippen molar-refractivity contribution in [3.63, 3.8) is 0 Å². The molecule has 1 aliphatic heterocycles. The monoisotopic (exact) mass is 300 g/mol. The lowest BCUT2D eigenvalue weighted by atomic mass is 10.1. The number of anilines is 1. The van der Waals surface area contributed by atoms with E-state index in [4.69, 9.17) is 9.47 Å². The predicted molar refractivity (Wildman–Crippen MR) is 85.7 cm³/mol. The lowest BCUT2D eigenvalue weighted by molar-refractivity contribution is 0.404. The summed E-state index contributed by atoms with van der Waals surface area (Å²) in [7, 11) is 3.29. The third-order valence-electron chi connectivity index (χ3n) is 3.77. The Morgan fingerprint density at radius 3 is 2.45 bits per heavy atom. The summed E-state index contributed by atoms with van der Waals surface area (Å²) in [5.74, 6) is 2.43. The third-order valence-corrected chi connectivity index (χ3v) is 3.77. The molecule has 1 fully saturated rings. The Morgan fingerprint density at radius 2 is 1.82 bits per heavy atom. The largest absolute Gasteiger partial charge is 0.497 e. The topological polar surface area (TPSA) is 59.5 Å². The van der Waals surface area contributed by atoms with Crippen molar-refractivity contribution >= 4 is 5.82 Å². The van der Waals surface area contributed by atoms with E-state index in [1.807, 2.05) is 30.3 Å². The molecule has 0 atom stereocenters. The summed E-state index contributed by atoms with van der Waals surface area (Å²) in [6.07, 6.45) is 0. The molecule has 6 nitrogen and oxygen atoms in total. The van der Waals surface area contributed by atoms with E-state index in [-0.39, 0.29) is 0 Å². The average Bonchev–Trinajstić information content (AvgIpc) is 2.62. The van der Waals surface area contributed by atoms with E-state index in [0.717, 1.165) is 54.8 Å². The van der Waals surface area contributed by atoms with Crippen LogP contribution in [0.5, 0.6) is 11.5 Å². The van der Waals surface area contributed by atoms with Crippen molar-refractivity contribution in [1.29, 1.82) is 0 Å². The molecule has 1 aromatic heterocycles. The number of aromatic nitrogens is 2. The van der Waals surface area contributed by atoms with Crippen molar-refractivity contribution in [3.05, 3.63) is 30.3 Å². The Balaban J connectivity index is 1.88. The second kappa shape index (κ2) is 6.62. The van der Waals surface area contributed by atoms with E-state index in [0.29, 0.717) is 0 Å². The summed E-state index contributed by atoms with van der Waals surface area (Å²) in [4.78, 5) is 2.23. The standard InChI is InChI=1S/C16H20N4O2/c1-21-12-3-5-15(22-2)13(11-12)14-4-6-16(19-18-14)20-9-7-17-8-10-20/h3-6,11,17H,7-10H2,1-2H3. The minimum absolute atomic E-state index is 0.755. The molecule has 2 heterocycles. The molecule has 1 aliphatic rings. The first-order valence-corrected chi connectivity index (χ1v) is 7.33. The fraction of sp³-hybridized carbons (Fsp3) is 0.375. The van der Waals surface area contributed by atoms with Crippen LogP contribution in [0.2, 0.25) is 0 Å². The summed E-state index contributed by atoms with van der Waals surface area (Å²) in [6.45, 7) is 3.87. The van der Waals surface area contributed by atoms with Crippen molar-refractivity contribution < 1.29 is 9.47 Å². The van der Waals surface area contributed by atoms with Crippen LogP contribution < -0.4 is 19.7 Å². The maximum absolute atomic E-state index is 5.40. The van der Waals surface area contributed by atoms with Crippen molar-refractivity contribution in [2.45, 2.75) is 0 Å². The number of hydrogen-bond acceptors (Lipinski definition) is 6. The van der Waals surface area contributed by atoms with Gasteiger partial charge >= 0.3 is 0 Å². The van der Waals surface area contributed by atoms with Gasteiger partial charge in [-0.25, -0.2) is 0 Å². The van der Waals surface area contributed by atoms with Crippen molar-refractivity contribution in [1.82, 2.24) is 15.5 Å². The molecule has 22 heavy (non-hydrogen) atoms. The zero-order valence-electron chi connectivity index (χ0n) is 12.9. The average molecular weight is 300 g/mol. The molecule has 1 N–H and O–H groups in total. The Kier molecular flexibility index (Phi) is 4.39. The Bertz CT molecular complexity index is 625. The van der Waals surface area contributed by atoms with Crippen LogP contribution in [0.3, 0.4) is 0 Å². The highest BCUT2D eigenvalue weighted by Crippen LogP contribution is 2.32. The molecular weight excluding hydrogens is 280 g/mol. The predicted octanol–water partition coefficient (Wildman–Crippen LogP) is 1.57. The van der Waals surface area contributed by atoms with E-state index in [9.17, 15) is 0 Å². The van der Waals surface area contributed by atoms with Gasteiger partial charge in [0.05, 0.1) is 19.9 Å². The fourth-order valence-corrected chi connectivity index (χ4v) is 2.55. The number of piperazine rings is 1. The third kappa shape index (κ3) is 2.96. The van der Waals surface area contributed by atoms with Crippen LogP contribution in [0.1, 0.15) is 0 Å². The quantitative estimate of drug-likeness (QED) is 0.925. The zero-order chi connectivity index (χ0) is 15.4. The molecule has 0 aliphatic carbocycles. The summed E-state index contributed by atoms with van der Waals surface area (Å²) < 4.78 is 10.7. The van der Waals surface area contributed by atoms with Gasteiger partial charge in [-0.3, -0.25) is 0 Å². The number of hydrogen-bond donors (Lipinski definition) is 1. The molecule has 1 aromatic carbocycles. The molecule has 116 valence electrons. The van der Waals surface area contributed by atoms with E-state index in [1.165, 1.54) is 0 Å². The molecule has 6 heteroatoms. The van der Waals surface area contributed by atoms with Crippen LogP contribution >= 0.6 is 0 Å². The maximum Gasteiger partial charge on any atom is 0.151 e. The molecule has 0 spiro atoms. The Hall–Kier alpha value is -2.34. The SMILES string of the molecule is COc1ccc(OC)c(-c2ccc(N3CCNCC3)nn2)c1. The zero-order valence-corrected chi connectivity index (χ0v) is 12.9. The lowest BCUT2D eigenvalue weighted by Gasteiger charge is -2.27. The van der Waals surface area contributed by atoms with Crippen LogP contribution in [-0.2, 0) is 0 Å². The minimum Gasteiger partial charge on any atom is -0.497 e. The van der Waals surface area contributed by atoms with Crippen LogP contribution in [0, 0.1) is 0 Å². The molecule has 0 amide bonds. The van der Waals surface area contributed by atoms with Gasteiger partial charge < -0.3 is 19.7 Å². The van der Waals surface area contributed by atoms with Gasteiger partial charge in [0.1, 0.15) is 11.5 Å². The first-order valence-electron chi connectivity index (χ1n) is 7.33. The van der Waals surface area contributed by atoms with Gasteiger partial charge in [-0.2, -0.15) is 0 Å². The number of ether oxygens (including phenoxy) is 2. The second-order valence-electron chi connectivity index (χ2n) is 5.08. The molecular formula is C16H20N4O2. The number of methoxy groups -OCH3 is 2. The van der Waals surface area contributed by atoms with Gasteiger partial charge in [-0.15, -0.1) is 10.2 Å². The first kappa shape index (κ1) is 14.6. The van der Waals surface area contributed by atoms with Crippen LogP contribution in [-0.4, -0.2) is 50.6 Å². The molecule has 0 unspecified atom stereocenters. The molecule has 0 bridgehead atoms. The van der Waals surface area contributed by atoms with Gasteiger partial charge in [-0.05, 0) is 30.3 Å². The van der Waals surface area contributed by atoms with E-state index >= 15 is 0 Å². The molecule has 0 radical (unpaired) electrons. The Labute approximate surface area is 130 Å². The molecule has 0 saturated carbocycles. The van der Waals surface area contributed by atoms with Gasteiger partial charge in [0, 0.05) is 31.7 Å². The molecule has 2 aromatic rings. The van der Waals surface area contributed by atoms with Crippen molar-refractivity contribution in [2.75, 3.05) is 45.3 Å². The van der Waals surface area contributed by atoms with Gasteiger partial charge in [0.25, 0.3) is 0 Å². The number of nitrogens with zero attached hydrogens (tertiary/aromatic N) is 3. The van der Waals surface area contributed by atoms with Crippen LogP contribution in [0.15, 0.2) is 30.3 Å².